The monoisotopic (exact) mass is 273 g/mol. The van der Waals surface area contributed by atoms with Crippen molar-refractivity contribution in [3.63, 3.8) is 0 Å². The topological polar surface area (TPSA) is 44.7 Å². The summed E-state index contributed by atoms with van der Waals surface area (Å²) < 4.78 is 0. The second kappa shape index (κ2) is 5.27. The van der Waals surface area contributed by atoms with E-state index in [0.717, 1.165) is 35.6 Å². The maximum absolute atomic E-state index is 12.1. The number of carbonyl (C=O) groups excluding carboxylic acids is 1. The van der Waals surface area contributed by atoms with Crippen LogP contribution in [0.2, 0.25) is 0 Å². The Balaban J connectivity index is 2.14. The fourth-order valence-corrected chi connectivity index (χ4v) is 2.74. The molecule has 1 saturated heterocycles. The number of hydrogen-bond acceptors (Lipinski definition) is 1. The zero-order valence-corrected chi connectivity index (χ0v) is 12.9. The molecule has 0 radical (unpaired) electrons. The third kappa shape index (κ3) is 3.18. The standard InChI is InChI=1S/C16H23N3O/c1-11-7-6-8-12(2)14(11)18-15(20)17-13-9-16(3,4)10-19(13)5/h6-8H,9-10H2,1-5H3,(H,18,20). The van der Waals surface area contributed by atoms with Gasteiger partial charge >= 0.3 is 6.03 Å². The molecule has 2 rings (SSSR count). The molecule has 0 spiro atoms. The Hall–Kier alpha value is -1.84. The lowest BCUT2D eigenvalue weighted by atomic mass is 9.93. The summed E-state index contributed by atoms with van der Waals surface area (Å²) in [6, 6.07) is 5.67. The molecule has 1 aliphatic rings. The van der Waals surface area contributed by atoms with Crippen LogP contribution in [-0.4, -0.2) is 30.4 Å². The minimum atomic E-state index is -0.290. The van der Waals surface area contributed by atoms with Gasteiger partial charge in [-0.15, -0.1) is 0 Å². The smallest absolute Gasteiger partial charge is 0.347 e. The highest BCUT2D eigenvalue weighted by Gasteiger charge is 2.32. The third-order valence-electron chi connectivity index (χ3n) is 3.69. The number of urea groups is 1. The number of para-hydroxylation sites is 1. The predicted octanol–water partition coefficient (Wildman–Crippen LogP) is 3.60. The fraction of sp³-hybridized carbons (Fsp3) is 0.500. The molecular formula is C16H23N3O. The SMILES string of the molecule is Cc1cccc(C)c1NC(=O)N=C1CC(C)(C)CN1C. The Labute approximate surface area is 120 Å². The maximum atomic E-state index is 12.1. The molecule has 20 heavy (non-hydrogen) atoms. The van der Waals surface area contributed by atoms with E-state index in [1.807, 2.05) is 39.1 Å². The Kier molecular flexibility index (Phi) is 3.84. The number of nitrogens with one attached hydrogen (secondary N) is 1. The van der Waals surface area contributed by atoms with Gasteiger partial charge in [0, 0.05) is 25.7 Å². The van der Waals surface area contributed by atoms with Gasteiger partial charge in [-0.25, -0.2) is 4.79 Å². The van der Waals surface area contributed by atoms with Crippen molar-refractivity contribution in [2.75, 3.05) is 18.9 Å². The number of anilines is 1. The van der Waals surface area contributed by atoms with E-state index >= 15 is 0 Å². The van der Waals surface area contributed by atoms with Gasteiger partial charge in [0.2, 0.25) is 0 Å². The molecule has 0 saturated carbocycles. The van der Waals surface area contributed by atoms with Crippen molar-refractivity contribution < 1.29 is 4.79 Å². The molecule has 0 unspecified atom stereocenters. The van der Waals surface area contributed by atoms with E-state index < -0.39 is 0 Å². The summed E-state index contributed by atoms with van der Waals surface area (Å²) in [4.78, 5) is 18.4. The molecule has 2 amide bonds. The average Bonchev–Trinajstić information content (AvgIpc) is 2.57. The Morgan fingerprint density at radius 1 is 1.30 bits per heavy atom. The molecule has 4 heteroatoms. The Morgan fingerprint density at radius 3 is 2.40 bits per heavy atom. The highest BCUT2D eigenvalue weighted by atomic mass is 16.2. The van der Waals surface area contributed by atoms with Crippen LogP contribution in [0.1, 0.15) is 31.4 Å². The van der Waals surface area contributed by atoms with Gasteiger partial charge in [-0.1, -0.05) is 32.0 Å². The van der Waals surface area contributed by atoms with Crippen LogP contribution in [0.15, 0.2) is 23.2 Å². The molecule has 1 aliphatic heterocycles. The van der Waals surface area contributed by atoms with E-state index in [-0.39, 0.29) is 11.4 Å². The van der Waals surface area contributed by atoms with Crippen LogP contribution < -0.4 is 5.32 Å². The molecule has 1 aromatic rings. The van der Waals surface area contributed by atoms with Gasteiger partial charge in [-0.2, -0.15) is 4.99 Å². The summed E-state index contributed by atoms with van der Waals surface area (Å²) in [5.74, 6) is 0.860. The summed E-state index contributed by atoms with van der Waals surface area (Å²) in [5, 5.41) is 2.90. The quantitative estimate of drug-likeness (QED) is 0.849. The van der Waals surface area contributed by atoms with Crippen LogP contribution in [0.4, 0.5) is 10.5 Å². The van der Waals surface area contributed by atoms with Crippen molar-refractivity contribution >= 4 is 17.6 Å². The molecule has 0 bridgehead atoms. The van der Waals surface area contributed by atoms with Gasteiger partial charge < -0.3 is 10.2 Å². The number of aryl methyl sites for hydroxylation is 2. The summed E-state index contributed by atoms with van der Waals surface area (Å²) >= 11 is 0. The molecule has 0 aliphatic carbocycles. The first-order chi connectivity index (χ1) is 9.28. The number of carbonyl (C=O) groups is 1. The van der Waals surface area contributed by atoms with Crippen molar-refractivity contribution in [2.24, 2.45) is 10.4 Å². The van der Waals surface area contributed by atoms with Crippen molar-refractivity contribution in [1.82, 2.24) is 4.90 Å². The lowest BCUT2D eigenvalue weighted by Crippen LogP contribution is -2.23. The number of benzene rings is 1. The maximum Gasteiger partial charge on any atom is 0.347 e. The van der Waals surface area contributed by atoms with Crippen LogP contribution in [0, 0.1) is 19.3 Å². The number of hydrogen-bond donors (Lipinski definition) is 1. The molecule has 1 fully saturated rings. The normalized spacial score (nSPS) is 19.4. The van der Waals surface area contributed by atoms with Gasteiger partial charge in [0.15, 0.2) is 0 Å². The van der Waals surface area contributed by atoms with E-state index in [4.69, 9.17) is 0 Å². The summed E-state index contributed by atoms with van der Waals surface area (Å²) in [5.41, 5.74) is 3.16. The van der Waals surface area contributed by atoms with Crippen LogP contribution in [0.25, 0.3) is 0 Å². The first-order valence-corrected chi connectivity index (χ1v) is 6.94. The van der Waals surface area contributed by atoms with Crippen LogP contribution in [0.3, 0.4) is 0 Å². The van der Waals surface area contributed by atoms with E-state index in [2.05, 4.69) is 29.1 Å². The number of likely N-dealkylation sites (tertiary alicyclic amines) is 1. The van der Waals surface area contributed by atoms with Crippen LogP contribution in [0.5, 0.6) is 0 Å². The zero-order valence-electron chi connectivity index (χ0n) is 12.9. The summed E-state index contributed by atoms with van der Waals surface area (Å²) in [6.07, 6.45) is 0.837. The van der Waals surface area contributed by atoms with Crippen molar-refractivity contribution in [1.29, 1.82) is 0 Å². The van der Waals surface area contributed by atoms with Crippen LogP contribution in [-0.2, 0) is 0 Å². The number of amides is 2. The number of amidine groups is 1. The molecular weight excluding hydrogens is 250 g/mol. The molecule has 1 N–H and O–H groups in total. The van der Waals surface area contributed by atoms with Gasteiger partial charge in [-0.3, -0.25) is 0 Å². The van der Waals surface area contributed by atoms with E-state index in [0.29, 0.717) is 0 Å². The largest absolute Gasteiger partial charge is 0.362 e. The second-order valence-electron chi connectivity index (χ2n) is 6.42. The third-order valence-corrected chi connectivity index (χ3v) is 3.69. The zero-order chi connectivity index (χ0) is 14.9. The van der Waals surface area contributed by atoms with Crippen LogP contribution >= 0.6 is 0 Å². The molecule has 4 nitrogen and oxygen atoms in total. The Morgan fingerprint density at radius 2 is 1.90 bits per heavy atom. The van der Waals surface area contributed by atoms with Crippen molar-refractivity contribution in [3.05, 3.63) is 29.3 Å². The van der Waals surface area contributed by atoms with Gasteiger partial charge in [0.25, 0.3) is 0 Å². The second-order valence-corrected chi connectivity index (χ2v) is 6.42. The van der Waals surface area contributed by atoms with E-state index in [1.54, 1.807) is 0 Å². The summed E-state index contributed by atoms with van der Waals surface area (Å²) in [7, 11) is 1.99. The number of rotatable bonds is 1. The van der Waals surface area contributed by atoms with Gasteiger partial charge in [0.1, 0.15) is 5.84 Å². The predicted molar refractivity (Wildman–Crippen MR) is 83.4 cm³/mol. The van der Waals surface area contributed by atoms with Gasteiger partial charge in [-0.05, 0) is 30.4 Å². The number of nitrogens with zero attached hydrogens (tertiary/aromatic N) is 2. The lowest BCUT2D eigenvalue weighted by molar-refractivity contribution is 0.259. The minimum Gasteiger partial charge on any atom is -0.362 e. The first kappa shape index (κ1) is 14.6. The highest BCUT2D eigenvalue weighted by Crippen LogP contribution is 2.29. The molecule has 0 aromatic heterocycles. The lowest BCUT2D eigenvalue weighted by Gasteiger charge is -2.15. The molecule has 1 aromatic carbocycles. The minimum absolute atomic E-state index is 0.187. The van der Waals surface area contributed by atoms with Gasteiger partial charge in [0.05, 0.1) is 0 Å². The van der Waals surface area contributed by atoms with E-state index in [9.17, 15) is 4.79 Å². The van der Waals surface area contributed by atoms with Crippen molar-refractivity contribution in [2.45, 2.75) is 34.1 Å². The molecule has 1 heterocycles. The van der Waals surface area contributed by atoms with Crippen molar-refractivity contribution in [3.8, 4) is 0 Å². The highest BCUT2D eigenvalue weighted by molar-refractivity contribution is 6.01. The van der Waals surface area contributed by atoms with E-state index in [1.165, 1.54) is 0 Å². The average molecular weight is 273 g/mol. The fourth-order valence-electron chi connectivity index (χ4n) is 2.74. The first-order valence-electron chi connectivity index (χ1n) is 6.94. The molecule has 108 valence electrons. The molecule has 0 atom stereocenters. The Bertz CT molecular complexity index is 541. The number of aliphatic imine (C=N–C) groups is 1. The summed E-state index contributed by atoms with van der Waals surface area (Å²) in [6.45, 7) is 9.29.